The van der Waals surface area contributed by atoms with Crippen molar-refractivity contribution in [2.45, 2.75) is 20.0 Å². The molecule has 0 unspecified atom stereocenters. The van der Waals surface area contributed by atoms with Gasteiger partial charge in [0.25, 0.3) is 0 Å². The predicted octanol–water partition coefficient (Wildman–Crippen LogP) is 5.94. The largest absolute Gasteiger partial charge is 0.478 e. The lowest BCUT2D eigenvalue weighted by Gasteiger charge is -2.09. The third kappa shape index (κ3) is 4.89. The fraction of sp³-hybridized carbons (Fsp3) is 0.133. The van der Waals surface area contributed by atoms with Crippen LogP contribution in [0.15, 0.2) is 85.1 Å². The molecule has 0 bridgehead atoms. The molecule has 194 valence electrons. The van der Waals surface area contributed by atoms with Gasteiger partial charge in [-0.05, 0) is 61.9 Å². The number of hydrogen-bond donors (Lipinski definition) is 3. The van der Waals surface area contributed by atoms with Gasteiger partial charge in [0.1, 0.15) is 0 Å². The van der Waals surface area contributed by atoms with Crippen LogP contribution in [-0.2, 0) is 0 Å². The summed E-state index contributed by atoms with van der Waals surface area (Å²) in [6, 6.07) is 24.5. The molecule has 3 heterocycles. The maximum atomic E-state index is 11.6. The summed E-state index contributed by atoms with van der Waals surface area (Å²) in [7, 11) is 0. The van der Waals surface area contributed by atoms with Crippen LogP contribution in [0.4, 0.5) is 11.4 Å². The zero-order valence-electron chi connectivity index (χ0n) is 21.4. The minimum absolute atomic E-state index is 0.0659. The summed E-state index contributed by atoms with van der Waals surface area (Å²) in [5.74, 6) is 0.735. The van der Waals surface area contributed by atoms with Gasteiger partial charge in [-0.25, -0.2) is 19.4 Å². The van der Waals surface area contributed by atoms with Gasteiger partial charge in [-0.15, -0.1) is 5.10 Å². The molecule has 9 heteroatoms. The van der Waals surface area contributed by atoms with Crippen LogP contribution in [0.2, 0.25) is 0 Å². The Morgan fingerprint density at radius 2 is 1.64 bits per heavy atom. The second-order valence-electron chi connectivity index (χ2n) is 9.45. The maximum absolute atomic E-state index is 11.6. The number of aromatic nitrogens is 4. The summed E-state index contributed by atoms with van der Waals surface area (Å²) in [6.07, 6.45) is 1.86. The van der Waals surface area contributed by atoms with Gasteiger partial charge in [0, 0.05) is 29.0 Å². The number of nitrogens with one attached hydrogen (secondary N) is 2. The summed E-state index contributed by atoms with van der Waals surface area (Å²) in [5.41, 5.74) is 6.46. The third-order valence-corrected chi connectivity index (χ3v) is 6.35. The number of aromatic carboxylic acids is 1. The Morgan fingerprint density at radius 3 is 2.38 bits per heavy atom. The molecule has 9 nitrogen and oxygen atoms in total. The molecule has 2 aromatic heterocycles. The number of benzene rings is 3. The zero-order valence-corrected chi connectivity index (χ0v) is 21.4. The van der Waals surface area contributed by atoms with Crippen LogP contribution in [0.3, 0.4) is 0 Å². The molecule has 6 rings (SSSR count). The number of nitrogens with zero attached hydrogens (tertiary/aromatic N) is 4. The number of ether oxygens (including phenoxy) is 1. The number of carboxylic acid groups (broad SMARTS) is 1. The Morgan fingerprint density at radius 1 is 0.897 bits per heavy atom. The van der Waals surface area contributed by atoms with Crippen molar-refractivity contribution >= 4 is 17.3 Å². The van der Waals surface area contributed by atoms with Crippen molar-refractivity contribution in [2.75, 3.05) is 17.3 Å². The molecule has 0 fully saturated rings. The molecule has 0 aliphatic carbocycles. The Kier molecular flexibility index (Phi) is 6.16. The molecular weight excluding hydrogens is 492 g/mol. The molecule has 0 amide bonds. The van der Waals surface area contributed by atoms with E-state index in [2.05, 4.69) is 15.6 Å². The highest BCUT2D eigenvalue weighted by atomic mass is 16.5. The fourth-order valence-corrected chi connectivity index (χ4v) is 4.46. The first-order valence-electron chi connectivity index (χ1n) is 12.6. The summed E-state index contributed by atoms with van der Waals surface area (Å²) >= 11 is 0. The van der Waals surface area contributed by atoms with Gasteiger partial charge in [-0.1, -0.05) is 30.3 Å². The summed E-state index contributed by atoms with van der Waals surface area (Å²) in [4.78, 5) is 20.9. The van der Waals surface area contributed by atoms with Crippen LogP contribution < -0.4 is 15.4 Å². The van der Waals surface area contributed by atoms with Crippen molar-refractivity contribution in [1.82, 2.24) is 19.7 Å². The van der Waals surface area contributed by atoms with E-state index < -0.39 is 5.97 Å². The average Bonchev–Trinajstić information content (AvgIpc) is 3.61. The van der Waals surface area contributed by atoms with E-state index in [1.807, 2.05) is 74.5 Å². The number of carboxylic acids is 1. The number of fused-ring (bicyclic) bond motifs is 1. The Balaban J connectivity index is 1.38. The van der Waals surface area contributed by atoms with E-state index in [0.29, 0.717) is 29.9 Å². The van der Waals surface area contributed by atoms with Gasteiger partial charge >= 0.3 is 5.97 Å². The number of anilines is 2. The van der Waals surface area contributed by atoms with Gasteiger partial charge < -0.3 is 20.5 Å². The molecule has 39 heavy (non-hydrogen) atoms. The van der Waals surface area contributed by atoms with E-state index in [-0.39, 0.29) is 11.7 Å². The van der Waals surface area contributed by atoms with Crippen LogP contribution in [-0.4, -0.2) is 43.6 Å². The predicted molar refractivity (Wildman–Crippen MR) is 150 cm³/mol. The van der Waals surface area contributed by atoms with Gasteiger partial charge in [-0.3, -0.25) is 0 Å². The van der Waals surface area contributed by atoms with Crippen LogP contribution in [0.5, 0.6) is 5.88 Å². The van der Waals surface area contributed by atoms with Crippen molar-refractivity contribution in [3.63, 3.8) is 0 Å². The van der Waals surface area contributed by atoms with Crippen LogP contribution in [0.25, 0.3) is 39.6 Å². The van der Waals surface area contributed by atoms with Crippen molar-refractivity contribution in [1.29, 1.82) is 0 Å². The molecule has 5 aromatic rings. The van der Waals surface area contributed by atoms with Crippen LogP contribution in [0.1, 0.15) is 24.2 Å². The van der Waals surface area contributed by atoms with Gasteiger partial charge in [0.15, 0.2) is 11.6 Å². The minimum atomic E-state index is -1.000. The first kappa shape index (κ1) is 24.2. The topological polar surface area (TPSA) is 114 Å². The van der Waals surface area contributed by atoms with Crippen molar-refractivity contribution in [3.05, 3.63) is 90.6 Å². The van der Waals surface area contributed by atoms with E-state index in [1.165, 1.54) is 0 Å². The average molecular weight is 519 g/mol. The molecule has 0 atom stereocenters. The van der Waals surface area contributed by atoms with Crippen LogP contribution in [0, 0.1) is 0 Å². The lowest BCUT2D eigenvalue weighted by Crippen LogP contribution is -2.06. The number of rotatable bonds is 7. The highest BCUT2D eigenvalue weighted by molar-refractivity contribution is 5.88. The molecule has 3 aromatic carbocycles. The van der Waals surface area contributed by atoms with Crippen LogP contribution >= 0.6 is 0 Å². The monoisotopic (exact) mass is 518 g/mol. The molecule has 0 radical (unpaired) electrons. The van der Waals surface area contributed by atoms with Crippen molar-refractivity contribution < 1.29 is 14.6 Å². The lowest BCUT2D eigenvalue weighted by atomic mass is 10.1. The molecule has 0 saturated carbocycles. The van der Waals surface area contributed by atoms with E-state index in [0.717, 1.165) is 33.6 Å². The first-order valence-corrected chi connectivity index (χ1v) is 12.6. The van der Waals surface area contributed by atoms with E-state index >= 15 is 0 Å². The highest BCUT2D eigenvalue weighted by Crippen LogP contribution is 2.33. The first-order chi connectivity index (χ1) is 18.9. The Hall–Kier alpha value is -5.18. The fourth-order valence-electron chi connectivity index (χ4n) is 4.46. The Labute approximate surface area is 225 Å². The van der Waals surface area contributed by atoms with Gasteiger partial charge in [0.05, 0.1) is 35.4 Å². The van der Waals surface area contributed by atoms with Gasteiger partial charge in [-0.2, -0.15) is 0 Å². The van der Waals surface area contributed by atoms with Crippen molar-refractivity contribution in [3.8, 4) is 45.5 Å². The van der Waals surface area contributed by atoms with E-state index in [4.69, 9.17) is 14.8 Å². The van der Waals surface area contributed by atoms with E-state index in [1.54, 1.807) is 29.1 Å². The van der Waals surface area contributed by atoms with E-state index in [9.17, 15) is 9.90 Å². The summed E-state index contributed by atoms with van der Waals surface area (Å²) in [5, 5.41) is 20.9. The summed E-state index contributed by atoms with van der Waals surface area (Å²) < 4.78 is 7.34. The number of carbonyl (C=O) groups is 1. The zero-order chi connectivity index (χ0) is 26.9. The smallest absolute Gasteiger partial charge is 0.335 e. The molecular formula is C30H26N6O3. The Bertz CT molecular complexity index is 1660. The maximum Gasteiger partial charge on any atom is 0.335 e. The normalized spacial score (nSPS) is 12.1. The second-order valence-corrected chi connectivity index (χ2v) is 9.45. The van der Waals surface area contributed by atoms with Gasteiger partial charge in [0.2, 0.25) is 5.88 Å². The molecule has 1 aliphatic rings. The number of pyridine rings is 1. The second kappa shape index (κ2) is 9.94. The summed E-state index contributed by atoms with van der Waals surface area (Å²) in [6.45, 7) is 4.60. The molecule has 0 saturated heterocycles. The molecule has 1 aliphatic heterocycles. The number of hydrogen-bond acceptors (Lipinski definition) is 7. The SMILES string of the molecule is CC(C)Oc1ccc(-c2ccc(-c3nc(-c4ccc5c(c4)NCN5)n(-c4cccc(C(=O)O)c4)n3)cc2)cn1. The highest BCUT2D eigenvalue weighted by Gasteiger charge is 2.19. The van der Waals surface area contributed by atoms with Crippen molar-refractivity contribution in [2.24, 2.45) is 0 Å². The minimum Gasteiger partial charge on any atom is -0.478 e. The standard InChI is InChI=1S/C30H26N6O3/c1-18(2)39-27-13-11-23(16-31-27)19-6-8-20(9-7-19)28-34-29(21-10-12-25-26(15-21)33-17-32-25)36(35-28)24-5-3-4-22(14-24)30(37)38/h3-16,18,32-33H,17H2,1-2H3,(H,37,38). The molecule has 0 spiro atoms. The third-order valence-electron chi connectivity index (χ3n) is 6.35. The quantitative estimate of drug-likeness (QED) is 0.242. The molecule has 3 N–H and O–H groups in total. The lowest BCUT2D eigenvalue weighted by molar-refractivity contribution is 0.0697.